The molecule has 0 rings (SSSR count). The lowest BCUT2D eigenvalue weighted by molar-refractivity contribution is -0.161. The Hall–Kier alpha value is -1.52. The minimum Gasteiger partial charge on any atom is -0.480 e. The van der Waals surface area contributed by atoms with E-state index in [-0.39, 0.29) is 19.4 Å². The van der Waals surface area contributed by atoms with Gasteiger partial charge in [-0.15, -0.1) is 0 Å². The first-order valence-corrected chi connectivity index (χ1v) is 24.6. The molecule has 3 atom stereocenters. The van der Waals surface area contributed by atoms with Crippen LogP contribution in [0.5, 0.6) is 0 Å². The summed E-state index contributed by atoms with van der Waals surface area (Å²) >= 11 is 0. The van der Waals surface area contributed by atoms with Gasteiger partial charge in [0.05, 0.1) is 13.2 Å². The number of hydrogen-bond donors (Lipinski definition) is 3. The van der Waals surface area contributed by atoms with Crippen LogP contribution in [0.3, 0.4) is 0 Å². The van der Waals surface area contributed by atoms with Crippen LogP contribution in [-0.2, 0) is 37.5 Å². The Bertz CT molecular complexity index is 968. The molecule has 56 heavy (non-hydrogen) atoms. The van der Waals surface area contributed by atoms with Gasteiger partial charge in [-0.25, -0.2) is 4.57 Å². The third kappa shape index (κ3) is 39.3. The highest BCUT2D eigenvalue weighted by molar-refractivity contribution is 7.47. The van der Waals surface area contributed by atoms with E-state index in [1.165, 1.54) is 173 Å². The van der Waals surface area contributed by atoms with Crippen LogP contribution in [0.4, 0.5) is 0 Å². The highest BCUT2D eigenvalue weighted by Crippen LogP contribution is 2.43. The van der Waals surface area contributed by atoms with E-state index in [1.54, 1.807) is 6.92 Å². The number of phosphoric ester groups is 1. The van der Waals surface area contributed by atoms with Crippen LogP contribution < -0.4 is 5.73 Å². The average Bonchev–Trinajstić information content (AvgIpc) is 3.17. The van der Waals surface area contributed by atoms with Crippen LogP contribution in [0.2, 0.25) is 0 Å². The molecule has 1 unspecified atom stereocenters. The quantitative estimate of drug-likeness (QED) is 0.0303. The van der Waals surface area contributed by atoms with Gasteiger partial charge in [0.25, 0.3) is 0 Å². The summed E-state index contributed by atoms with van der Waals surface area (Å²) in [4.78, 5) is 44.8. The predicted octanol–water partition coefficient (Wildman–Crippen LogP) is 12.3. The molecule has 12 heteroatoms. The van der Waals surface area contributed by atoms with E-state index in [0.29, 0.717) is 12.8 Å². The minimum atomic E-state index is -4.68. The summed E-state index contributed by atoms with van der Waals surface area (Å²) in [5, 5.41) is 8.78. The maximum atomic E-state index is 12.3. The molecule has 4 N–H and O–H groups in total. The molecule has 0 aliphatic carbocycles. The molecule has 0 aromatic rings. The van der Waals surface area contributed by atoms with Crippen LogP contribution in [0, 0.1) is 0 Å². The Labute approximate surface area is 342 Å². The Kier molecular flexibility index (Phi) is 39.2. The van der Waals surface area contributed by atoms with E-state index in [9.17, 15) is 23.8 Å². The maximum absolute atomic E-state index is 12.3. The number of phosphoric acid groups is 1. The zero-order valence-electron chi connectivity index (χ0n) is 36.0. The molecule has 0 aromatic carbocycles. The molecule has 0 aliphatic rings. The predicted molar refractivity (Wildman–Crippen MR) is 227 cm³/mol. The second-order valence-corrected chi connectivity index (χ2v) is 17.4. The Morgan fingerprint density at radius 1 is 0.482 bits per heavy atom. The molecule has 0 spiro atoms. The van der Waals surface area contributed by atoms with Gasteiger partial charge < -0.3 is 25.2 Å². The second kappa shape index (κ2) is 40.3. The minimum absolute atomic E-state index is 0.116. The number of ether oxygens (including phenoxy) is 2. The third-order valence-electron chi connectivity index (χ3n) is 10.3. The van der Waals surface area contributed by atoms with E-state index in [4.69, 9.17) is 24.8 Å². The summed E-state index contributed by atoms with van der Waals surface area (Å²) in [5.41, 5.74) is 5.27. The van der Waals surface area contributed by atoms with Crippen molar-refractivity contribution in [3.8, 4) is 0 Å². The SMILES string of the molecule is CCCCCCCCCCCCCCCCCCCCCCCCCCCCCCCCCC(=O)OC[C@H](COP(=O)(O)OC[C@H](N)C(=O)O)OC(=O)CCC. The molecular formula is C44H86NO10P. The van der Waals surface area contributed by atoms with Crippen molar-refractivity contribution < 1.29 is 47.5 Å². The van der Waals surface area contributed by atoms with Crippen LogP contribution in [-0.4, -0.2) is 59.9 Å². The maximum Gasteiger partial charge on any atom is 0.472 e. The highest BCUT2D eigenvalue weighted by Gasteiger charge is 2.28. The van der Waals surface area contributed by atoms with Crippen molar-refractivity contribution in [1.82, 2.24) is 0 Å². The first-order chi connectivity index (χ1) is 27.1. The molecule has 11 nitrogen and oxygen atoms in total. The zero-order chi connectivity index (χ0) is 41.4. The Balaban J connectivity index is 3.61. The highest BCUT2D eigenvalue weighted by atomic mass is 31.2. The van der Waals surface area contributed by atoms with Gasteiger partial charge in [0.15, 0.2) is 6.10 Å². The van der Waals surface area contributed by atoms with Gasteiger partial charge in [-0.2, -0.15) is 0 Å². The number of aliphatic carboxylic acids is 1. The van der Waals surface area contributed by atoms with Gasteiger partial charge in [-0.1, -0.05) is 206 Å². The van der Waals surface area contributed by atoms with Crippen molar-refractivity contribution in [2.45, 2.75) is 244 Å². The number of carbonyl (C=O) groups excluding carboxylic acids is 2. The second-order valence-electron chi connectivity index (χ2n) is 15.9. The molecule has 0 heterocycles. The number of unbranched alkanes of at least 4 members (excludes halogenated alkanes) is 30. The largest absolute Gasteiger partial charge is 0.480 e. The number of carbonyl (C=O) groups is 3. The number of carboxylic acid groups (broad SMARTS) is 1. The fourth-order valence-electron chi connectivity index (χ4n) is 6.75. The summed E-state index contributed by atoms with van der Waals surface area (Å²) in [6.45, 7) is 2.40. The molecule has 0 aliphatic heterocycles. The first kappa shape index (κ1) is 54.5. The van der Waals surface area contributed by atoms with Crippen molar-refractivity contribution in [1.29, 1.82) is 0 Å². The van der Waals surface area contributed by atoms with Crippen molar-refractivity contribution in [3.63, 3.8) is 0 Å². The lowest BCUT2D eigenvalue weighted by Gasteiger charge is -2.20. The third-order valence-corrected chi connectivity index (χ3v) is 11.3. The Morgan fingerprint density at radius 3 is 1.16 bits per heavy atom. The summed E-state index contributed by atoms with van der Waals surface area (Å²) in [5.74, 6) is -2.43. The Morgan fingerprint density at radius 2 is 0.821 bits per heavy atom. The topological polar surface area (TPSA) is 172 Å². The van der Waals surface area contributed by atoms with Gasteiger partial charge in [-0.05, 0) is 12.8 Å². The van der Waals surface area contributed by atoms with E-state index >= 15 is 0 Å². The van der Waals surface area contributed by atoms with Gasteiger partial charge >= 0.3 is 25.7 Å². The molecule has 0 bridgehead atoms. The molecule has 0 saturated carbocycles. The van der Waals surface area contributed by atoms with Crippen molar-refractivity contribution in [2.75, 3.05) is 19.8 Å². The fourth-order valence-corrected chi connectivity index (χ4v) is 7.53. The molecule has 332 valence electrons. The number of esters is 2. The van der Waals surface area contributed by atoms with E-state index < -0.39 is 51.1 Å². The van der Waals surface area contributed by atoms with Gasteiger partial charge in [-0.3, -0.25) is 23.4 Å². The molecule has 0 amide bonds. The number of hydrogen-bond acceptors (Lipinski definition) is 9. The van der Waals surface area contributed by atoms with Crippen LogP contribution in [0.15, 0.2) is 0 Å². The van der Waals surface area contributed by atoms with Crippen LogP contribution in [0.1, 0.15) is 232 Å². The average molecular weight is 820 g/mol. The normalized spacial score (nSPS) is 13.6. The van der Waals surface area contributed by atoms with Gasteiger partial charge in [0.2, 0.25) is 0 Å². The summed E-state index contributed by atoms with van der Waals surface area (Å²) in [6, 6.07) is -1.51. The molecular weight excluding hydrogens is 733 g/mol. The zero-order valence-corrected chi connectivity index (χ0v) is 36.9. The number of nitrogens with two attached hydrogens (primary N) is 1. The van der Waals surface area contributed by atoms with E-state index in [2.05, 4.69) is 11.4 Å². The van der Waals surface area contributed by atoms with Gasteiger partial charge in [0.1, 0.15) is 12.6 Å². The van der Waals surface area contributed by atoms with Gasteiger partial charge in [0, 0.05) is 12.8 Å². The standard InChI is InChI=1S/C44H86NO10P/c1-3-5-6-7-8-9-10-11-12-13-14-15-16-17-18-19-20-21-22-23-24-25-26-27-28-29-30-31-32-33-34-36-42(46)52-37-40(55-43(47)35-4-2)38-53-56(50,51)54-39-41(45)44(48)49/h40-41H,3-39,45H2,1-2H3,(H,48,49)(H,50,51)/t40-,41+/m1/s1. The first-order valence-electron chi connectivity index (χ1n) is 23.1. The fraction of sp³-hybridized carbons (Fsp3) is 0.932. The monoisotopic (exact) mass is 820 g/mol. The van der Waals surface area contributed by atoms with Crippen LogP contribution >= 0.6 is 7.82 Å². The van der Waals surface area contributed by atoms with Crippen molar-refractivity contribution in [3.05, 3.63) is 0 Å². The van der Waals surface area contributed by atoms with Crippen molar-refractivity contribution in [2.24, 2.45) is 5.73 Å². The molecule has 0 saturated heterocycles. The number of carboxylic acids is 1. The summed E-state index contributed by atoms with van der Waals surface area (Å²) < 4.78 is 31.9. The molecule has 0 radical (unpaired) electrons. The molecule has 0 fully saturated rings. The van der Waals surface area contributed by atoms with E-state index in [1.807, 2.05) is 0 Å². The summed E-state index contributed by atoms with van der Waals surface area (Å²) in [6.07, 6.45) is 41.4. The number of rotatable bonds is 44. The lowest BCUT2D eigenvalue weighted by atomic mass is 10.0. The van der Waals surface area contributed by atoms with Crippen molar-refractivity contribution >= 4 is 25.7 Å². The smallest absolute Gasteiger partial charge is 0.472 e. The van der Waals surface area contributed by atoms with E-state index in [0.717, 1.165) is 19.3 Å². The summed E-state index contributed by atoms with van der Waals surface area (Å²) in [7, 11) is -4.68. The molecule has 0 aromatic heterocycles. The lowest BCUT2D eigenvalue weighted by Crippen LogP contribution is -2.34. The van der Waals surface area contributed by atoms with Crippen LogP contribution in [0.25, 0.3) is 0 Å².